The lowest BCUT2D eigenvalue weighted by atomic mass is 10.2. The lowest BCUT2D eigenvalue weighted by Gasteiger charge is -2.16. The third-order valence-electron chi connectivity index (χ3n) is 2.38. The number of urea groups is 1. The standard InChI is InChI=1S/C10H15N5O4/c1-5(6-3-12-13-4-6)14-10(19)15-7(9(17)18)2-8(11)16/h3-5,7H,2H2,1H3,(H2,11,16)(H,12,13)(H,17,18)(H2,14,15,19). The summed E-state index contributed by atoms with van der Waals surface area (Å²) in [5, 5.41) is 19.8. The number of rotatable bonds is 6. The molecule has 2 atom stereocenters. The van der Waals surface area contributed by atoms with Crippen molar-refractivity contribution in [3.63, 3.8) is 0 Å². The molecule has 0 saturated carbocycles. The van der Waals surface area contributed by atoms with Crippen molar-refractivity contribution in [3.05, 3.63) is 18.0 Å². The number of amides is 3. The van der Waals surface area contributed by atoms with Crippen LogP contribution in [0, 0.1) is 0 Å². The number of nitrogens with zero attached hydrogens (tertiary/aromatic N) is 1. The van der Waals surface area contributed by atoms with E-state index in [2.05, 4.69) is 20.8 Å². The maximum Gasteiger partial charge on any atom is 0.326 e. The van der Waals surface area contributed by atoms with Crippen molar-refractivity contribution in [2.45, 2.75) is 25.4 Å². The Morgan fingerprint density at radius 2 is 2.16 bits per heavy atom. The number of H-pyrrole nitrogens is 1. The van der Waals surface area contributed by atoms with Crippen molar-refractivity contribution in [2.24, 2.45) is 5.73 Å². The quantitative estimate of drug-likeness (QED) is 0.453. The summed E-state index contributed by atoms with van der Waals surface area (Å²) in [7, 11) is 0. The Morgan fingerprint density at radius 1 is 1.47 bits per heavy atom. The van der Waals surface area contributed by atoms with Crippen LogP contribution in [0.4, 0.5) is 4.79 Å². The van der Waals surface area contributed by atoms with Gasteiger partial charge in [-0.2, -0.15) is 5.10 Å². The Balaban J connectivity index is 2.53. The van der Waals surface area contributed by atoms with Crippen molar-refractivity contribution in [1.29, 1.82) is 0 Å². The fraction of sp³-hybridized carbons (Fsp3) is 0.400. The van der Waals surface area contributed by atoms with E-state index in [1.807, 2.05) is 0 Å². The van der Waals surface area contributed by atoms with Crippen molar-refractivity contribution >= 4 is 17.9 Å². The molecule has 2 unspecified atom stereocenters. The molecule has 6 N–H and O–H groups in total. The molecule has 19 heavy (non-hydrogen) atoms. The highest BCUT2D eigenvalue weighted by Crippen LogP contribution is 2.08. The first kappa shape index (κ1) is 14.5. The van der Waals surface area contributed by atoms with E-state index in [1.54, 1.807) is 13.1 Å². The van der Waals surface area contributed by atoms with Crippen LogP contribution in [0.1, 0.15) is 24.9 Å². The van der Waals surface area contributed by atoms with Gasteiger partial charge in [0.1, 0.15) is 6.04 Å². The highest BCUT2D eigenvalue weighted by Gasteiger charge is 2.22. The molecule has 0 spiro atoms. The van der Waals surface area contributed by atoms with Crippen LogP contribution in [0.25, 0.3) is 0 Å². The second-order valence-electron chi connectivity index (χ2n) is 3.93. The Labute approximate surface area is 108 Å². The molecule has 1 aromatic heterocycles. The average molecular weight is 269 g/mol. The molecule has 1 rings (SSSR count). The fourth-order valence-corrected chi connectivity index (χ4v) is 1.38. The van der Waals surface area contributed by atoms with Crippen LogP contribution in [-0.4, -0.2) is 39.3 Å². The summed E-state index contributed by atoms with van der Waals surface area (Å²) in [4.78, 5) is 33.1. The normalized spacial score (nSPS) is 13.3. The molecule has 0 radical (unpaired) electrons. The summed E-state index contributed by atoms with van der Waals surface area (Å²) < 4.78 is 0. The van der Waals surface area contributed by atoms with Crippen molar-refractivity contribution in [3.8, 4) is 0 Å². The number of aromatic nitrogens is 2. The fourth-order valence-electron chi connectivity index (χ4n) is 1.38. The lowest BCUT2D eigenvalue weighted by Crippen LogP contribution is -2.48. The highest BCUT2D eigenvalue weighted by atomic mass is 16.4. The number of nitrogens with two attached hydrogens (primary N) is 1. The van der Waals surface area contributed by atoms with E-state index < -0.39 is 30.4 Å². The van der Waals surface area contributed by atoms with Crippen molar-refractivity contribution in [2.75, 3.05) is 0 Å². The third-order valence-corrected chi connectivity index (χ3v) is 2.38. The second-order valence-corrected chi connectivity index (χ2v) is 3.93. The Hall–Kier alpha value is -2.58. The molecule has 1 aromatic rings. The number of primary amides is 1. The summed E-state index contributed by atoms with van der Waals surface area (Å²) >= 11 is 0. The molecule has 0 aromatic carbocycles. The minimum Gasteiger partial charge on any atom is -0.480 e. The molecular weight excluding hydrogens is 254 g/mol. The first-order valence-electron chi connectivity index (χ1n) is 5.47. The number of aromatic amines is 1. The second kappa shape index (κ2) is 6.38. The monoisotopic (exact) mass is 269 g/mol. The van der Waals surface area contributed by atoms with Gasteiger partial charge in [-0.25, -0.2) is 9.59 Å². The molecule has 9 heteroatoms. The van der Waals surface area contributed by atoms with Gasteiger partial charge in [-0.15, -0.1) is 0 Å². The predicted molar refractivity (Wildman–Crippen MR) is 63.9 cm³/mol. The molecule has 0 aliphatic carbocycles. The number of carboxylic acid groups (broad SMARTS) is 1. The molecule has 9 nitrogen and oxygen atoms in total. The zero-order valence-corrected chi connectivity index (χ0v) is 10.2. The number of carboxylic acids is 1. The van der Waals surface area contributed by atoms with E-state index in [4.69, 9.17) is 10.8 Å². The Morgan fingerprint density at radius 3 is 2.63 bits per heavy atom. The number of hydrogen-bond acceptors (Lipinski definition) is 4. The van der Waals surface area contributed by atoms with Crippen LogP contribution in [-0.2, 0) is 9.59 Å². The molecule has 0 saturated heterocycles. The molecular formula is C10H15N5O4. The Bertz CT molecular complexity index is 458. The van der Waals surface area contributed by atoms with Crippen LogP contribution in [0.15, 0.2) is 12.4 Å². The number of carbonyl (C=O) groups is 3. The number of nitrogens with one attached hydrogen (secondary N) is 3. The van der Waals surface area contributed by atoms with Gasteiger partial charge in [-0.05, 0) is 6.92 Å². The van der Waals surface area contributed by atoms with Crippen LogP contribution in [0.3, 0.4) is 0 Å². The molecule has 1 heterocycles. The van der Waals surface area contributed by atoms with Crippen LogP contribution < -0.4 is 16.4 Å². The van der Waals surface area contributed by atoms with Gasteiger partial charge in [-0.1, -0.05) is 0 Å². The zero-order chi connectivity index (χ0) is 14.4. The van der Waals surface area contributed by atoms with Gasteiger partial charge in [0.2, 0.25) is 5.91 Å². The van der Waals surface area contributed by atoms with Gasteiger partial charge in [0.15, 0.2) is 0 Å². The maximum absolute atomic E-state index is 11.6. The number of carbonyl (C=O) groups excluding carboxylic acids is 2. The molecule has 0 aliphatic rings. The highest BCUT2D eigenvalue weighted by molar-refractivity contribution is 5.87. The van der Waals surface area contributed by atoms with Gasteiger partial charge >= 0.3 is 12.0 Å². The number of aliphatic carboxylic acids is 1. The van der Waals surface area contributed by atoms with E-state index in [1.165, 1.54) is 6.20 Å². The van der Waals surface area contributed by atoms with Crippen LogP contribution in [0.2, 0.25) is 0 Å². The van der Waals surface area contributed by atoms with Crippen LogP contribution in [0.5, 0.6) is 0 Å². The van der Waals surface area contributed by atoms with E-state index in [-0.39, 0.29) is 6.04 Å². The topological polar surface area (TPSA) is 150 Å². The summed E-state index contributed by atoms with van der Waals surface area (Å²) in [5.41, 5.74) is 5.63. The van der Waals surface area contributed by atoms with Crippen molar-refractivity contribution in [1.82, 2.24) is 20.8 Å². The summed E-state index contributed by atoms with van der Waals surface area (Å²) in [6.07, 6.45) is 2.66. The molecule has 0 fully saturated rings. The minimum absolute atomic E-state index is 0.359. The summed E-state index contributed by atoms with van der Waals surface area (Å²) in [6, 6.07) is -2.42. The van der Waals surface area contributed by atoms with Gasteiger partial charge in [0.05, 0.1) is 18.7 Å². The Kier molecular flexibility index (Phi) is 4.86. The maximum atomic E-state index is 11.6. The summed E-state index contributed by atoms with van der Waals surface area (Å²) in [5.74, 6) is -2.14. The molecule has 0 aliphatic heterocycles. The average Bonchev–Trinajstić information content (AvgIpc) is 2.80. The number of hydrogen-bond donors (Lipinski definition) is 5. The van der Waals surface area contributed by atoms with E-state index >= 15 is 0 Å². The summed E-state index contributed by atoms with van der Waals surface area (Å²) in [6.45, 7) is 1.70. The van der Waals surface area contributed by atoms with Crippen LogP contribution >= 0.6 is 0 Å². The lowest BCUT2D eigenvalue weighted by molar-refractivity contribution is -0.140. The van der Waals surface area contributed by atoms with E-state index in [0.717, 1.165) is 5.56 Å². The predicted octanol–water partition coefficient (Wildman–Crippen LogP) is -0.901. The van der Waals surface area contributed by atoms with Gasteiger partial charge < -0.3 is 21.5 Å². The third kappa shape index (κ3) is 4.66. The van der Waals surface area contributed by atoms with Crippen molar-refractivity contribution < 1.29 is 19.5 Å². The van der Waals surface area contributed by atoms with Gasteiger partial charge in [-0.3, -0.25) is 9.89 Å². The zero-order valence-electron chi connectivity index (χ0n) is 10.2. The molecule has 104 valence electrons. The minimum atomic E-state index is -1.35. The van der Waals surface area contributed by atoms with Gasteiger partial charge in [0, 0.05) is 11.8 Å². The molecule has 3 amide bonds. The first-order chi connectivity index (χ1) is 8.90. The van der Waals surface area contributed by atoms with Gasteiger partial charge in [0.25, 0.3) is 0 Å². The smallest absolute Gasteiger partial charge is 0.326 e. The first-order valence-corrected chi connectivity index (χ1v) is 5.47. The van der Waals surface area contributed by atoms with E-state index in [9.17, 15) is 14.4 Å². The molecule has 0 bridgehead atoms. The SMILES string of the molecule is CC(NC(=O)NC(CC(N)=O)C(=O)O)c1cn[nH]c1. The largest absolute Gasteiger partial charge is 0.480 e. The van der Waals surface area contributed by atoms with E-state index in [0.29, 0.717) is 0 Å².